The van der Waals surface area contributed by atoms with Gasteiger partial charge in [0.05, 0.1) is 12.3 Å². The zero-order valence-electron chi connectivity index (χ0n) is 9.51. The number of nitrogens with one attached hydrogen (secondary N) is 1. The Morgan fingerprint density at radius 2 is 2.07 bits per heavy atom. The molecule has 0 aliphatic heterocycles. The van der Waals surface area contributed by atoms with Gasteiger partial charge in [-0.05, 0) is 12.8 Å². The Morgan fingerprint density at radius 3 is 2.53 bits per heavy atom. The molecule has 1 unspecified atom stereocenters. The van der Waals surface area contributed by atoms with Crippen molar-refractivity contribution >= 4 is 0 Å². The van der Waals surface area contributed by atoms with Crippen LogP contribution in [0.3, 0.4) is 0 Å². The van der Waals surface area contributed by atoms with Crippen LogP contribution in [-0.2, 0) is 0 Å². The quantitative estimate of drug-likeness (QED) is 0.763. The number of aromatic nitrogens is 2. The van der Waals surface area contributed by atoms with Gasteiger partial charge in [-0.15, -0.1) is 0 Å². The summed E-state index contributed by atoms with van der Waals surface area (Å²) in [4.78, 5) is 8.24. The number of aliphatic hydroxyl groups excluding tert-OH is 1. The maximum absolute atomic E-state index is 9.19. The van der Waals surface area contributed by atoms with Gasteiger partial charge >= 0.3 is 0 Å². The average Bonchev–Trinajstić information content (AvgIpc) is 2.26. The molecular formula is C11H19N3O. The Bertz CT molecular complexity index is 276. The van der Waals surface area contributed by atoms with Crippen LogP contribution in [-0.4, -0.2) is 27.7 Å². The van der Waals surface area contributed by atoms with Crippen LogP contribution in [0.15, 0.2) is 18.6 Å². The molecule has 0 saturated carbocycles. The third kappa shape index (κ3) is 3.57. The van der Waals surface area contributed by atoms with E-state index < -0.39 is 0 Å². The van der Waals surface area contributed by atoms with E-state index in [4.69, 9.17) is 0 Å². The fourth-order valence-electron chi connectivity index (χ4n) is 1.40. The summed E-state index contributed by atoms with van der Waals surface area (Å²) in [7, 11) is 0. The minimum atomic E-state index is 0.0991. The summed E-state index contributed by atoms with van der Waals surface area (Å²) in [6.07, 6.45) is 5.07. The summed E-state index contributed by atoms with van der Waals surface area (Å²) in [6.45, 7) is 6.33. The molecule has 84 valence electrons. The van der Waals surface area contributed by atoms with Crippen molar-refractivity contribution in [2.24, 2.45) is 5.92 Å². The van der Waals surface area contributed by atoms with Crippen molar-refractivity contribution in [3.05, 3.63) is 24.3 Å². The minimum Gasteiger partial charge on any atom is -0.395 e. The molecule has 1 aromatic heterocycles. The first-order valence-corrected chi connectivity index (χ1v) is 5.28. The van der Waals surface area contributed by atoms with Crippen molar-refractivity contribution < 1.29 is 5.11 Å². The van der Waals surface area contributed by atoms with Gasteiger partial charge < -0.3 is 10.4 Å². The molecule has 0 fully saturated rings. The molecule has 1 aromatic rings. The fraction of sp³-hybridized carbons (Fsp3) is 0.636. The Balaban J connectivity index is 2.58. The summed E-state index contributed by atoms with van der Waals surface area (Å²) in [6, 6.07) is 0.209. The monoisotopic (exact) mass is 209 g/mol. The van der Waals surface area contributed by atoms with Crippen LogP contribution in [0.25, 0.3) is 0 Å². The normalized spacial score (nSPS) is 15.3. The molecule has 0 saturated heterocycles. The summed E-state index contributed by atoms with van der Waals surface area (Å²) < 4.78 is 0. The number of aliphatic hydroxyl groups is 1. The molecule has 0 aliphatic carbocycles. The van der Waals surface area contributed by atoms with Gasteiger partial charge in [0.25, 0.3) is 0 Å². The first-order chi connectivity index (χ1) is 7.15. The zero-order chi connectivity index (χ0) is 11.3. The van der Waals surface area contributed by atoms with Crippen LogP contribution in [0.4, 0.5) is 0 Å². The Morgan fingerprint density at radius 1 is 1.33 bits per heavy atom. The first kappa shape index (κ1) is 12.1. The van der Waals surface area contributed by atoms with Crippen LogP contribution in [0, 0.1) is 5.92 Å². The molecule has 0 aromatic carbocycles. The van der Waals surface area contributed by atoms with Crippen molar-refractivity contribution in [2.75, 3.05) is 6.61 Å². The second-order valence-electron chi connectivity index (χ2n) is 4.05. The van der Waals surface area contributed by atoms with Gasteiger partial charge in [0.15, 0.2) is 0 Å². The predicted molar refractivity (Wildman–Crippen MR) is 59.3 cm³/mol. The highest BCUT2D eigenvalue weighted by molar-refractivity contribution is 5.01. The third-order valence-corrected chi connectivity index (χ3v) is 2.49. The summed E-state index contributed by atoms with van der Waals surface area (Å²) in [5, 5.41) is 12.5. The van der Waals surface area contributed by atoms with E-state index in [1.54, 1.807) is 18.6 Å². The third-order valence-electron chi connectivity index (χ3n) is 2.49. The molecular weight excluding hydrogens is 190 g/mol. The minimum absolute atomic E-state index is 0.0991. The van der Waals surface area contributed by atoms with Crippen molar-refractivity contribution in [3.8, 4) is 0 Å². The average molecular weight is 209 g/mol. The maximum atomic E-state index is 9.19. The van der Waals surface area contributed by atoms with Gasteiger partial charge in [-0.1, -0.05) is 13.8 Å². The van der Waals surface area contributed by atoms with Crippen molar-refractivity contribution in [1.82, 2.24) is 15.3 Å². The lowest BCUT2D eigenvalue weighted by Crippen LogP contribution is -2.38. The number of hydrogen-bond donors (Lipinski definition) is 2. The molecule has 0 spiro atoms. The van der Waals surface area contributed by atoms with E-state index in [-0.39, 0.29) is 18.7 Å². The van der Waals surface area contributed by atoms with E-state index in [0.29, 0.717) is 5.92 Å². The van der Waals surface area contributed by atoms with Crippen molar-refractivity contribution in [1.29, 1.82) is 0 Å². The van der Waals surface area contributed by atoms with Gasteiger partial charge in [0, 0.05) is 30.7 Å². The standard InChI is InChI=1S/C11H19N3O/c1-8(2)11(7-15)14-9(3)10-6-12-4-5-13-10/h4-6,8-9,11,14-15H,7H2,1-3H3/t9?,11-/m1/s1. The lowest BCUT2D eigenvalue weighted by Gasteiger charge is -2.24. The first-order valence-electron chi connectivity index (χ1n) is 5.28. The molecule has 4 nitrogen and oxygen atoms in total. The smallest absolute Gasteiger partial charge is 0.0753 e. The van der Waals surface area contributed by atoms with E-state index >= 15 is 0 Å². The highest BCUT2D eigenvalue weighted by Crippen LogP contribution is 2.11. The van der Waals surface area contributed by atoms with Gasteiger partial charge in [-0.2, -0.15) is 0 Å². The Kier molecular flexibility index (Phi) is 4.65. The number of rotatable bonds is 5. The lowest BCUT2D eigenvalue weighted by atomic mass is 10.0. The van der Waals surface area contributed by atoms with Gasteiger partial charge in [0.1, 0.15) is 0 Å². The topological polar surface area (TPSA) is 58.0 Å². The van der Waals surface area contributed by atoms with Crippen LogP contribution in [0.2, 0.25) is 0 Å². The molecule has 2 atom stereocenters. The highest BCUT2D eigenvalue weighted by Gasteiger charge is 2.16. The van der Waals surface area contributed by atoms with Crippen LogP contribution in [0.1, 0.15) is 32.5 Å². The lowest BCUT2D eigenvalue weighted by molar-refractivity contribution is 0.200. The summed E-state index contributed by atoms with van der Waals surface area (Å²) >= 11 is 0. The van der Waals surface area contributed by atoms with Gasteiger partial charge in [-0.25, -0.2) is 0 Å². The molecule has 0 aliphatic rings. The van der Waals surface area contributed by atoms with Crippen LogP contribution in [0.5, 0.6) is 0 Å². The molecule has 1 heterocycles. The summed E-state index contributed by atoms with van der Waals surface area (Å²) in [5.41, 5.74) is 0.900. The SMILES string of the molecule is CC(N[C@H](CO)C(C)C)c1cnccn1. The molecule has 4 heteroatoms. The van der Waals surface area contributed by atoms with Crippen molar-refractivity contribution in [2.45, 2.75) is 32.9 Å². The van der Waals surface area contributed by atoms with Crippen LogP contribution < -0.4 is 5.32 Å². The zero-order valence-corrected chi connectivity index (χ0v) is 9.51. The Labute approximate surface area is 90.8 Å². The van der Waals surface area contributed by atoms with E-state index in [1.807, 2.05) is 6.92 Å². The maximum Gasteiger partial charge on any atom is 0.0753 e. The highest BCUT2D eigenvalue weighted by atomic mass is 16.3. The number of hydrogen-bond acceptors (Lipinski definition) is 4. The molecule has 1 rings (SSSR count). The second-order valence-corrected chi connectivity index (χ2v) is 4.05. The van der Waals surface area contributed by atoms with E-state index in [0.717, 1.165) is 5.69 Å². The summed E-state index contributed by atoms with van der Waals surface area (Å²) in [5.74, 6) is 0.397. The number of nitrogens with zero attached hydrogens (tertiary/aromatic N) is 2. The predicted octanol–water partition coefficient (Wildman–Crippen LogP) is 1.14. The van der Waals surface area contributed by atoms with Crippen molar-refractivity contribution in [3.63, 3.8) is 0 Å². The molecule has 0 radical (unpaired) electrons. The Hall–Kier alpha value is -1.00. The largest absolute Gasteiger partial charge is 0.395 e. The van der Waals surface area contributed by atoms with Crippen LogP contribution >= 0.6 is 0 Å². The van der Waals surface area contributed by atoms with Gasteiger partial charge in [-0.3, -0.25) is 9.97 Å². The fourth-order valence-corrected chi connectivity index (χ4v) is 1.40. The molecule has 0 amide bonds. The van der Waals surface area contributed by atoms with E-state index in [1.165, 1.54) is 0 Å². The van der Waals surface area contributed by atoms with E-state index in [9.17, 15) is 5.11 Å². The van der Waals surface area contributed by atoms with Gasteiger partial charge in [0.2, 0.25) is 0 Å². The molecule has 15 heavy (non-hydrogen) atoms. The molecule has 0 bridgehead atoms. The molecule has 2 N–H and O–H groups in total. The van der Waals surface area contributed by atoms with E-state index in [2.05, 4.69) is 29.1 Å². The second kappa shape index (κ2) is 5.78.